The first kappa shape index (κ1) is 18.7. The van der Waals surface area contributed by atoms with E-state index in [1.807, 2.05) is 24.3 Å². The van der Waals surface area contributed by atoms with Gasteiger partial charge in [0.15, 0.2) is 0 Å². The highest BCUT2D eigenvalue weighted by molar-refractivity contribution is 6.52. The molecule has 0 radical (unpaired) electrons. The van der Waals surface area contributed by atoms with E-state index in [0.717, 1.165) is 10.9 Å². The third-order valence-electron chi connectivity index (χ3n) is 5.45. The molecule has 4 aromatic rings. The average molecular weight is 414 g/mol. The minimum Gasteiger partial charge on any atom is -0.507 e. The number of Topliss-reactive ketones (excluding diaryl/α,β-unsaturated/α-hetero) is 1. The molecular formula is C24H18N2O5. The van der Waals surface area contributed by atoms with Crippen LogP contribution in [0, 0.1) is 0 Å². The highest BCUT2D eigenvalue weighted by atomic mass is 16.5. The number of hydrogen-bond acceptors (Lipinski definition) is 5. The van der Waals surface area contributed by atoms with Crippen LogP contribution in [0.4, 0.5) is 5.69 Å². The van der Waals surface area contributed by atoms with Gasteiger partial charge in [-0.05, 0) is 30.3 Å². The number of carbonyl (C=O) groups excluding carboxylic acids is 2. The Morgan fingerprint density at radius 1 is 1.06 bits per heavy atom. The van der Waals surface area contributed by atoms with Crippen molar-refractivity contribution in [1.82, 2.24) is 4.98 Å². The fraction of sp³-hybridized carbons (Fsp3) is 0.0833. The third-order valence-corrected chi connectivity index (χ3v) is 5.45. The van der Waals surface area contributed by atoms with Crippen molar-refractivity contribution in [2.24, 2.45) is 0 Å². The summed E-state index contributed by atoms with van der Waals surface area (Å²) in [5, 5.41) is 12.0. The van der Waals surface area contributed by atoms with Crippen LogP contribution in [0.1, 0.15) is 17.4 Å². The topological polar surface area (TPSA) is 95.8 Å². The van der Waals surface area contributed by atoms with Gasteiger partial charge in [-0.2, -0.15) is 0 Å². The number of aliphatic hydroxyl groups excluding tert-OH is 1. The van der Waals surface area contributed by atoms with Gasteiger partial charge in [0.2, 0.25) is 0 Å². The second kappa shape index (κ2) is 7.21. The lowest BCUT2D eigenvalue weighted by Crippen LogP contribution is -2.29. The molecule has 31 heavy (non-hydrogen) atoms. The van der Waals surface area contributed by atoms with Crippen LogP contribution in [0.5, 0.6) is 5.75 Å². The normalized spacial score (nSPS) is 18.1. The van der Waals surface area contributed by atoms with Gasteiger partial charge in [0, 0.05) is 22.7 Å². The lowest BCUT2D eigenvalue weighted by Gasteiger charge is -2.24. The summed E-state index contributed by atoms with van der Waals surface area (Å²) in [5.74, 6) is -1.06. The van der Waals surface area contributed by atoms with Gasteiger partial charge in [-0.3, -0.25) is 14.5 Å². The van der Waals surface area contributed by atoms with Crippen LogP contribution < -0.4 is 9.64 Å². The summed E-state index contributed by atoms with van der Waals surface area (Å²) in [7, 11) is 1.49. The molecule has 1 saturated heterocycles. The van der Waals surface area contributed by atoms with Crippen molar-refractivity contribution in [1.29, 1.82) is 0 Å². The first-order valence-electron chi connectivity index (χ1n) is 9.65. The minimum atomic E-state index is -0.944. The largest absolute Gasteiger partial charge is 0.507 e. The number of furan rings is 1. The zero-order chi connectivity index (χ0) is 21.5. The van der Waals surface area contributed by atoms with E-state index in [1.165, 1.54) is 18.3 Å². The molecule has 1 fully saturated rings. The maximum Gasteiger partial charge on any atom is 0.300 e. The number of rotatable bonds is 4. The third kappa shape index (κ3) is 2.82. The molecule has 2 N–H and O–H groups in total. The molecule has 2 aromatic carbocycles. The number of ketones is 1. The van der Waals surface area contributed by atoms with E-state index in [0.29, 0.717) is 22.8 Å². The molecule has 154 valence electrons. The first-order valence-corrected chi connectivity index (χ1v) is 9.65. The van der Waals surface area contributed by atoms with Crippen LogP contribution in [-0.4, -0.2) is 28.9 Å². The molecule has 2 aromatic heterocycles. The van der Waals surface area contributed by atoms with Crippen molar-refractivity contribution in [2.45, 2.75) is 6.04 Å². The van der Waals surface area contributed by atoms with Gasteiger partial charge in [-0.1, -0.05) is 30.3 Å². The van der Waals surface area contributed by atoms with E-state index in [2.05, 4.69) is 4.98 Å². The summed E-state index contributed by atoms with van der Waals surface area (Å²) in [4.78, 5) is 30.7. The maximum atomic E-state index is 13.2. The standard InChI is InChI=1S/C24H18N2O5/c1-30-18-10-5-4-9-17(18)26-21(19-11-6-12-31-19)20(23(28)24(26)29)22(27)15-13-25-16-8-3-2-7-14(15)16/h2-13,21,25,27H,1H3/b22-20-. The molecule has 0 saturated carbocycles. The smallest absolute Gasteiger partial charge is 0.300 e. The number of para-hydroxylation sites is 3. The zero-order valence-corrected chi connectivity index (χ0v) is 16.5. The highest BCUT2D eigenvalue weighted by Crippen LogP contribution is 2.45. The van der Waals surface area contributed by atoms with Crippen molar-refractivity contribution in [2.75, 3.05) is 12.0 Å². The van der Waals surface area contributed by atoms with Crippen LogP contribution in [0.25, 0.3) is 16.7 Å². The Bertz CT molecular complexity index is 1330. The van der Waals surface area contributed by atoms with E-state index in [-0.39, 0.29) is 11.3 Å². The van der Waals surface area contributed by atoms with Crippen LogP contribution in [-0.2, 0) is 9.59 Å². The first-order chi connectivity index (χ1) is 15.1. The lowest BCUT2D eigenvalue weighted by atomic mass is 9.99. The van der Waals surface area contributed by atoms with Gasteiger partial charge < -0.3 is 19.2 Å². The Labute approximate surface area is 177 Å². The molecule has 1 amide bonds. The van der Waals surface area contributed by atoms with Crippen LogP contribution in [0.15, 0.2) is 83.1 Å². The second-order valence-electron chi connectivity index (χ2n) is 7.10. The zero-order valence-electron chi connectivity index (χ0n) is 16.5. The number of aromatic amines is 1. The molecule has 7 nitrogen and oxygen atoms in total. The van der Waals surface area contributed by atoms with Gasteiger partial charge in [-0.15, -0.1) is 0 Å². The fourth-order valence-electron chi connectivity index (χ4n) is 4.04. The van der Waals surface area contributed by atoms with E-state index in [1.54, 1.807) is 42.6 Å². The molecule has 1 aliphatic heterocycles. The number of anilines is 1. The van der Waals surface area contributed by atoms with E-state index < -0.39 is 17.7 Å². The van der Waals surface area contributed by atoms with Crippen molar-refractivity contribution in [3.8, 4) is 5.75 Å². The Morgan fingerprint density at radius 3 is 2.61 bits per heavy atom. The number of aromatic nitrogens is 1. The van der Waals surface area contributed by atoms with E-state index in [4.69, 9.17) is 9.15 Å². The maximum absolute atomic E-state index is 13.2. The van der Waals surface area contributed by atoms with E-state index >= 15 is 0 Å². The Hall–Kier alpha value is -4.26. The summed E-state index contributed by atoms with van der Waals surface area (Å²) in [5.41, 5.74) is 1.60. The number of hydrogen-bond donors (Lipinski definition) is 2. The van der Waals surface area contributed by atoms with Crippen molar-refractivity contribution in [3.63, 3.8) is 0 Å². The molecule has 0 spiro atoms. The molecule has 1 unspecified atom stereocenters. The summed E-state index contributed by atoms with van der Waals surface area (Å²) in [6.45, 7) is 0. The molecular weight excluding hydrogens is 396 g/mol. The SMILES string of the molecule is COc1ccccc1N1C(=O)C(=O)/C(=C(\O)c2c[nH]c3ccccc23)C1c1ccco1. The molecule has 1 atom stereocenters. The number of nitrogens with one attached hydrogen (secondary N) is 1. The minimum absolute atomic E-state index is 0.0457. The van der Waals surface area contributed by atoms with Crippen LogP contribution in [0.3, 0.4) is 0 Å². The van der Waals surface area contributed by atoms with Crippen molar-refractivity contribution >= 4 is 34.0 Å². The van der Waals surface area contributed by atoms with Gasteiger partial charge in [-0.25, -0.2) is 0 Å². The average Bonchev–Trinajstić information content (AvgIpc) is 3.52. The monoisotopic (exact) mass is 414 g/mol. The number of H-pyrrole nitrogens is 1. The molecule has 0 aliphatic carbocycles. The molecule has 3 heterocycles. The lowest BCUT2D eigenvalue weighted by molar-refractivity contribution is -0.132. The summed E-state index contributed by atoms with van der Waals surface area (Å²) < 4.78 is 11.0. The quantitative estimate of drug-likeness (QED) is 0.293. The second-order valence-corrected chi connectivity index (χ2v) is 7.10. The van der Waals surface area contributed by atoms with Gasteiger partial charge in [0.05, 0.1) is 24.6 Å². The molecule has 7 heteroatoms. The number of benzene rings is 2. The number of carbonyl (C=O) groups is 2. The Kier molecular flexibility index (Phi) is 4.36. The summed E-state index contributed by atoms with van der Waals surface area (Å²) >= 11 is 0. The van der Waals surface area contributed by atoms with Crippen molar-refractivity contribution < 1.29 is 23.8 Å². The van der Waals surface area contributed by atoms with Gasteiger partial charge in [0.25, 0.3) is 11.7 Å². The number of aliphatic hydroxyl groups is 1. The Balaban J connectivity index is 1.76. The molecule has 1 aliphatic rings. The number of ether oxygens (including phenoxy) is 1. The predicted octanol–water partition coefficient (Wildman–Crippen LogP) is 4.40. The Morgan fingerprint density at radius 2 is 1.84 bits per heavy atom. The number of methoxy groups -OCH3 is 1. The molecule has 5 rings (SSSR count). The highest BCUT2D eigenvalue weighted by Gasteiger charge is 2.49. The van der Waals surface area contributed by atoms with Crippen molar-refractivity contribution in [3.05, 3.63) is 90.0 Å². The van der Waals surface area contributed by atoms with Crippen LogP contribution >= 0.6 is 0 Å². The number of nitrogens with zero attached hydrogens (tertiary/aromatic N) is 1. The van der Waals surface area contributed by atoms with Gasteiger partial charge in [0.1, 0.15) is 23.3 Å². The number of amides is 1. The molecule has 0 bridgehead atoms. The van der Waals surface area contributed by atoms with E-state index in [9.17, 15) is 14.7 Å². The van der Waals surface area contributed by atoms with Crippen LogP contribution in [0.2, 0.25) is 0 Å². The summed E-state index contributed by atoms with van der Waals surface area (Å²) in [6.07, 6.45) is 3.08. The number of fused-ring (bicyclic) bond motifs is 1. The summed E-state index contributed by atoms with van der Waals surface area (Å²) in [6, 6.07) is 16.7. The van der Waals surface area contributed by atoms with Gasteiger partial charge >= 0.3 is 0 Å². The predicted molar refractivity (Wildman–Crippen MR) is 115 cm³/mol. The fourth-order valence-corrected chi connectivity index (χ4v) is 4.04.